The topological polar surface area (TPSA) is 71.9 Å². The number of aromatic nitrogens is 1. The lowest BCUT2D eigenvalue weighted by Gasteiger charge is -2.24. The third kappa shape index (κ3) is 2.74. The van der Waals surface area contributed by atoms with Crippen LogP contribution < -0.4 is 10.5 Å². The van der Waals surface area contributed by atoms with E-state index in [0.29, 0.717) is 12.3 Å². The van der Waals surface area contributed by atoms with E-state index < -0.39 is 0 Å². The van der Waals surface area contributed by atoms with Gasteiger partial charge in [-0.05, 0) is 42.5 Å². The number of nitriles is 1. The lowest BCUT2D eigenvalue weighted by atomic mass is 9.87. The molecule has 1 heterocycles. The fourth-order valence-corrected chi connectivity index (χ4v) is 2.80. The van der Waals surface area contributed by atoms with Crippen LogP contribution in [-0.4, -0.2) is 4.98 Å². The van der Waals surface area contributed by atoms with Gasteiger partial charge in [0.15, 0.2) is 0 Å². The van der Waals surface area contributed by atoms with Crippen LogP contribution in [0.1, 0.15) is 41.3 Å². The molecular weight excluding hydrogens is 262 g/mol. The summed E-state index contributed by atoms with van der Waals surface area (Å²) in [6.45, 7) is 0.350. The Balaban J connectivity index is 1.83. The first-order valence-corrected chi connectivity index (χ1v) is 7.13. The molecule has 1 atom stereocenters. The number of nitrogens with two attached hydrogens (primary N) is 1. The summed E-state index contributed by atoms with van der Waals surface area (Å²) < 4.78 is 5.93. The van der Waals surface area contributed by atoms with Crippen LogP contribution in [0.2, 0.25) is 0 Å². The van der Waals surface area contributed by atoms with Crippen LogP contribution in [0, 0.1) is 11.3 Å². The molecule has 1 aliphatic rings. The van der Waals surface area contributed by atoms with E-state index in [1.54, 1.807) is 6.20 Å². The SMILES string of the molecule is N#Cc1ncccc1COc1cccc2c1CCCC2N. The number of benzene rings is 1. The van der Waals surface area contributed by atoms with Crippen molar-refractivity contribution in [1.29, 1.82) is 5.26 Å². The molecule has 2 aromatic rings. The smallest absolute Gasteiger partial charge is 0.147 e. The highest BCUT2D eigenvalue weighted by molar-refractivity contribution is 5.43. The van der Waals surface area contributed by atoms with Gasteiger partial charge in [0.25, 0.3) is 0 Å². The molecule has 0 aliphatic heterocycles. The zero-order valence-electron chi connectivity index (χ0n) is 11.7. The van der Waals surface area contributed by atoms with Crippen LogP contribution in [0.25, 0.3) is 0 Å². The van der Waals surface area contributed by atoms with Gasteiger partial charge >= 0.3 is 0 Å². The van der Waals surface area contributed by atoms with Crippen molar-refractivity contribution in [2.45, 2.75) is 31.9 Å². The summed E-state index contributed by atoms with van der Waals surface area (Å²) in [5, 5.41) is 9.06. The minimum atomic E-state index is 0.102. The van der Waals surface area contributed by atoms with E-state index in [-0.39, 0.29) is 6.04 Å². The Bertz CT molecular complexity index is 691. The summed E-state index contributed by atoms with van der Waals surface area (Å²) in [6.07, 6.45) is 4.73. The van der Waals surface area contributed by atoms with E-state index in [4.69, 9.17) is 15.7 Å². The number of hydrogen-bond acceptors (Lipinski definition) is 4. The average Bonchev–Trinajstić information content (AvgIpc) is 2.53. The average molecular weight is 279 g/mol. The molecule has 21 heavy (non-hydrogen) atoms. The Labute approximate surface area is 124 Å². The molecule has 4 heteroatoms. The Hall–Kier alpha value is -2.38. The maximum atomic E-state index is 9.06. The first kappa shape index (κ1) is 13.6. The van der Waals surface area contributed by atoms with Crippen LogP contribution >= 0.6 is 0 Å². The molecule has 0 amide bonds. The Kier molecular flexibility index (Phi) is 3.85. The van der Waals surface area contributed by atoms with Crippen molar-refractivity contribution >= 4 is 0 Å². The summed E-state index contributed by atoms with van der Waals surface area (Å²) >= 11 is 0. The molecule has 2 N–H and O–H groups in total. The molecule has 0 saturated carbocycles. The van der Waals surface area contributed by atoms with Crippen LogP contribution in [0.4, 0.5) is 0 Å². The number of nitrogens with zero attached hydrogens (tertiary/aromatic N) is 2. The second-order valence-electron chi connectivity index (χ2n) is 5.23. The van der Waals surface area contributed by atoms with Crippen LogP contribution in [0.15, 0.2) is 36.5 Å². The highest BCUT2D eigenvalue weighted by Gasteiger charge is 2.20. The third-order valence-corrected chi connectivity index (χ3v) is 3.89. The standard InChI is InChI=1S/C17H17N3O/c18-10-16-12(4-3-9-20-16)11-21-17-8-2-5-13-14(17)6-1-7-15(13)19/h2-5,8-9,15H,1,6-7,11,19H2. The monoisotopic (exact) mass is 279 g/mol. The van der Waals surface area contributed by atoms with Crippen molar-refractivity contribution in [2.75, 3.05) is 0 Å². The van der Waals surface area contributed by atoms with Crippen molar-refractivity contribution in [3.63, 3.8) is 0 Å². The number of pyridine rings is 1. The van der Waals surface area contributed by atoms with Gasteiger partial charge in [0, 0.05) is 17.8 Å². The van der Waals surface area contributed by atoms with Crippen LogP contribution in [0.5, 0.6) is 5.75 Å². The van der Waals surface area contributed by atoms with E-state index in [0.717, 1.165) is 30.6 Å². The van der Waals surface area contributed by atoms with Crippen molar-refractivity contribution in [2.24, 2.45) is 5.73 Å². The lowest BCUT2D eigenvalue weighted by Crippen LogP contribution is -2.18. The lowest BCUT2D eigenvalue weighted by molar-refractivity contribution is 0.299. The van der Waals surface area contributed by atoms with Crippen molar-refractivity contribution in [3.8, 4) is 11.8 Å². The van der Waals surface area contributed by atoms with E-state index in [1.807, 2.05) is 24.3 Å². The molecule has 0 radical (unpaired) electrons. The van der Waals surface area contributed by atoms with Gasteiger partial charge in [0.2, 0.25) is 0 Å². The van der Waals surface area contributed by atoms with Crippen LogP contribution in [-0.2, 0) is 13.0 Å². The first-order chi connectivity index (χ1) is 10.3. The quantitative estimate of drug-likeness (QED) is 0.937. The second kappa shape index (κ2) is 5.94. The van der Waals surface area contributed by atoms with Gasteiger partial charge in [-0.3, -0.25) is 0 Å². The molecule has 0 saturated heterocycles. The Morgan fingerprint density at radius 2 is 2.24 bits per heavy atom. The van der Waals surface area contributed by atoms with Crippen molar-refractivity contribution in [3.05, 3.63) is 58.9 Å². The highest BCUT2D eigenvalue weighted by Crippen LogP contribution is 2.34. The summed E-state index contributed by atoms with van der Waals surface area (Å²) in [4.78, 5) is 4.05. The molecule has 4 nitrogen and oxygen atoms in total. The van der Waals surface area contributed by atoms with E-state index in [1.165, 1.54) is 11.1 Å². The molecule has 106 valence electrons. The minimum Gasteiger partial charge on any atom is -0.489 e. The molecule has 0 spiro atoms. The zero-order chi connectivity index (χ0) is 14.7. The summed E-state index contributed by atoms with van der Waals surface area (Å²) in [7, 11) is 0. The normalized spacial score (nSPS) is 16.9. The third-order valence-electron chi connectivity index (χ3n) is 3.89. The summed E-state index contributed by atoms with van der Waals surface area (Å²) in [5.74, 6) is 0.871. The predicted octanol–water partition coefficient (Wildman–Crippen LogP) is 2.87. The highest BCUT2D eigenvalue weighted by atomic mass is 16.5. The second-order valence-corrected chi connectivity index (χ2v) is 5.23. The molecule has 0 bridgehead atoms. The molecule has 0 fully saturated rings. The zero-order valence-corrected chi connectivity index (χ0v) is 11.7. The van der Waals surface area contributed by atoms with E-state index >= 15 is 0 Å². The number of hydrogen-bond donors (Lipinski definition) is 1. The minimum absolute atomic E-state index is 0.102. The fourth-order valence-electron chi connectivity index (χ4n) is 2.80. The van der Waals surface area contributed by atoms with Crippen molar-refractivity contribution in [1.82, 2.24) is 4.98 Å². The van der Waals surface area contributed by atoms with Gasteiger partial charge in [0.05, 0.1) is 0 Å². The van der Waals surface area contributed by atoms with Gasteiger partial charge in [-0.25, -0.2) is 4.98 Å². The van der Waals surface area contributed by atoms with E-state index in [9.17, 15) is 0 Å². The maximum Gasteiger partial charge on any atom is 0.147 e. The molecule has 1 aliphatic carbocycles. The number of rotatable bonds is 3. The van der Waals surface area contributed by atoms with Gasteiger partial charge in [0.1, 0.15) is 24.1 Å². The first-order valence-electron chi connectivity index (χ1n) is 7.13. The summed E-state index contributed by atoms with van der Waals surface area (Å²) in [6, 6.07) is 11.9. The number of fused-ring (bicyclic) bond motifs is 1. The van der Waals surface area contributed by atoms with Gasteiger partial charge in [-0.1, -0.05) is 18.2 Å². The molecule has 3 rings (SSSR count). The van der Waals surface area contributed by atoms with Gasteiger partial charge < -0.3 is 10.5 Å². The molecular formula is C17H17N3O. The molecule has 1 aromatic carbocycles. The summed E-state index contributed by atoms with van der Waals surface area (Å²) in [5.41, 5.74) is 9.77. The maximum absolute atomic E-state index is 9.06. The molecule has 1 aromatic heterocycles. The van der Waals surface area contributed by atoms with Gasteiger partial charge in [-0.15, -0.1) is 0 Å². The predicted molar refractivity (Wildman–Crippen MR) is 79.6 cm³/mol. The fraction of sp³-hybridized carbons (Fsp3) is 0.294. The Morgan fingerprint density at radius 1 is 1.33 bits per heavy atom. The van der Waals surface area contributed by atoms with E-state index in [2.05, 4.69) is 17.1 Å². The van der Waals surface area contributed by atoms with Crippen molar-refractivity contribution < 1.29 is 4.74 Å². The molecule has 1 unspecified atom stereocenters. The largest absolute Gasteiger partial charge is 0.489 e. The Morgan fingerprint density at radius 3 is 3.10 bits per heavy atom. The number of ether oxygens (including phenoxy) is 1. The van der Waals surface area contributed by atoms with Crippen LogP contribution in [0.3, 0.4) is 0 Å². The van der Waals surface area contributed by atoms with Gasteiger partial charge in [-0.2, -0.15) is 5.26 Å².